The summed E-state index contributed by atoms with van der Waals surface area (Å²) in [6, 6.07) is 10.3. The zero-order chi connectivity index (χ0) is 14.0. The van der Waals surface area contributed by atoms with Crippen molar-refractivity contribution in [2.75, 3.05) is 0 Å². The molecule has 0 radical (unpaired) electrons. The fourth-order valence-electron chi connectivity index (χ4n) is 1.65. The third-order valence-corrected chi connectivity index (χ3v) is 4.13. The predicted molar refractivity (Wildman–Crippen MR) is 83.6 cm³/mol. The molecule has 0 unspecified atom stereocenters. The molecule has 0 bridgehead atoms. The Hall–Kier alpha value is -0.540. The zero-order valence-electron chi connectivity index (χ0n) is 9.59. The van der Waals surface area contributed by atoms with Crippen LogP contribution in [0.2, 0.25) is 15.1 Å². The molecule has 0 saturated heterocycles. The largest absolute Gasteiger partial charge is 0.294 e. The van der Waals surface area contributed by atoms with E-state index in [-0.39, 0.29) is 12.2 Å². The van der Waals surface area contributed by atoms with Gasteiger partial charge in [0.15, 0.2) is 5.78 Å². The van der Waals surface area contributed by atoms with Crippen LogP contribution in [0.5, 0.6) is 0 Å². The third kappa shape index (κ3) is 3.73. The number of carbonyl (C=O) groups excluding carboxylic acids is 1. The molecule has 0 N–H and O–H groups in total. The van der Waals surface area contributed by atoms with Crippen molar-refractivity contribution in [3.05, 3.63) is 67.1 Å². The molecule has 0 aliphatic carbocycles. The van der Waals surface area contributed by atoms with Gasteiger partial charge < -0.3 is 0 Å². The summed E-state index contributed by atoms with van der Waals surface area (Å²) in [4.78, 5) is 12.2. The second-order valence-electron chi connectivity index (χ2n) is 3.97. The summed E-state index contributed by atoms with van der Waals surface area (Å²) in [7, 11) is 0. The maximum Gasteiger partial charge on any atom is 0.168 e. The molecule has 0 aliphatic heterocycles. The first-order chi connectivity index (χ1) is 8.97. The van der Waals surface area contributed by atoms with Gasteiger partial charge in [-0.1, -0.05) is 56.8 Å². The Bertz CT molecular complexity index is 641. The van der Waals surface area contributed by atoms with Gasteiger partial charge in [0, 0.05) is 16.5 Å². The van der Waals surface area contributed by atoms with Gasteiger partial charge in [-0.15, -0.1) is 0 Å². The second-order valence-corrected chi connectivity index (χ2v) is 6.11. The summed E-state index contributed by atoms with van der Waals surface area (Å²) >= 11 is 21.1. The fourth-order valence-corrected chi connectivity index (χ4v) is 2.75. The smallest absolute Gasteiger partial charge is 0.168 e. The number of Topliss-reactive ketones (excluding diaryl/α,β-unsaturated/α-hetero) is 1. The quantitative estimate of drug-likeness (QED) is 0.614. The van der Waals surface area contributed by atoms with Gasteiger partial charge in [0.05, 0.1) is 15.1 Å². The normalized spacial score (nSPS) is 10.5. The molecule has 98 valence electrons. The van der Waals surface area contributed by atoms with Gasteiger partial charge in [-0.2, -0.15) is 0 Å². The Morgan fingerprint density at radius 1 is 0.947 bits per heavy atom. The Labute approximate surface area is 134 Å². The second kappa shape index (κ2) is 6.27. The number of carbonyl (C=O) groups is 1. The molecule has 1 nitrogen and oxygen atoms in total. The van der Waals surface area contributed by atoms with Crippen LogP contribution in [0.4, 0.5) is 0 Å². The topological polar surface area (TPSA) is 17.1 Å². The molecule has 0 atom stereocenters. The number of hydrogen-bond donors (Lipinski definition) is 0. The lowest BCUT2D eigenvalue weighted by Crippen LogP contribution is -2.04. The number of rotatable bonds is 3. The lowest BCUT2D eigenvalue weighted by Gasteiger charge is -2.05. The monoisotopic (exact) mass is 376 g/mol. The SMILES string of the molecule is O=C(Cc1ccc(Cl)c(Cl)c1)c1ccc(Br)cc1Cl. The number of hydrogen-bond acceptors (Lipinski definition) is 1. The first-order valence-corrected chi connectivity index (χ1v) is 7.32. The molecule has 5 heteroatoms. The molecule has 0 spiro atoms. The number of ketones is 1. The summed E-state index contributed by atoms with van der Waals surface area (Å²) in [6.45, 7) is 0. The van der Waals surface area contributed by atoms with Gasteiger partial charge in [0.25, 0.3) is 0 Å². The minimum atomic E-state index is -0.0594. The summed E-state index contributed by atoms with van der Waals surface area (Å²) in [5, 5.41) is 1.34. The summed E-state index contributed by atoms with van der Waals surface area (Å²) in [5.74, 6) is -0.0594. The molecule has 0 aliphatic rings. The first kappa shape index (κ1) is 14.9. The zero-order valence-corrected chi connectivity index (χ0v) is 13.4. The summed E-state index contributed by atoms with van der Waals surface area (Å²) in [5.41, 5.74) is 1.30. The van der Waals surface area contributed by atoms with Gasteiger partial charge >= 0.3 is 0 Å². The molecule has 2 rings (SSSR count). The highest BCUT2D eigenvalue weighted by molar-refractivity contribution is 9.10. The van der Waals surface area contributed by atoms with Crippen LogP contribution < -0.4 is 0 Å². The Morgan fingerprint density at radius 2 is 1.68 bits per heavy atom. The van der Waals surface area contributed by atoms with Gasteiger partial charge in [-0.3, -0.25) is 4.79 Å². The number of halogens is 4. The molecular weight excluding hydrogens is 370 g/mol. The van der Waals surface area contributed by atoms with Crippen LogP contribution in [-0.4, -0.2) is 5.78 Å². The van der Waals surface area contributed by atoms with Crippen molar-refractivity contribution in [3.8, 4) is 0 Å². The predicted octanol–water partition coefficient (Wildman–Crippen LogP) is 5.83. The lowest BCUT2D eigenvalue weighted by atomic mass is 10.0. The van der Waals surface area contributed by atoms with Crippen LogP contribution in [0, 0.1) is 0 Å². The molecule has 0 amide bonds. The van der Waals surface area contributed by atoms with Crippen molar-refractivity contribution < 1.29 is 4.79 Å². The molecule has 0 saturated carbocycles. The molecule has 0 fully saturated rings. The molecule has 0 heterocycles. The van der Waals surface area contributed by atoms with Crippen molar-refractivity contribution in [3.63, 3.8) is 0 Å². The number of benzene rings is 2. The summed E-state index contributed by atoms with van der Waals surface area (Å²) < 4.78 is 0.837. The van der Waals surface area contributed by atoms with Gasteiger partial charge in [0.1, 0.15) is 0 Å². The van der Waals surface area contributed by atoms with E-state index in [1.165, 1.54) is 0 Å². The highest BCUT2D eigenvalue weighted by Crippen LogP contribution is 2.25. The van der Waals surface area contributed by atoms with Crippen molar-refractivity contribution >= 4 is 56.5 Å². The van der Waals surface area contributed by atoms with Crippen LogP contribution in [-0.2, 0) is 6.42 Å². The van der Waals surface area contributed by atoms with Crippen LogP contribution in [0.15, 0.2) is 40.9 Å². The van der Waals surface area contributed by atoms with Crippen molar-refractivity contribution in [2.24, 2.45) is 0 Å². The fraction of sp³-hybridized carbons (Fsp3) is 0.0714. The maximum atomic E-state index is 12.2. The highest BCUT2D eigenvalue weighted by atomic mass is 79.9. The standard InChI is InChI=1S/C14H8BrCl3O/c15-9-2-3-10(12(17)7-9)14(19)6-8-1-4-11(16)13(18)5-8/h1-5,7H,6H2. The van der Waals surface area contributed by atoms with Crippen LogP contribution in [0.25, 0.3) is 0 Å². The maximum absolute atomic E-state index is 12.2. The van der Waals surface area contributed by atoms with Crippen LogP contribution in [0.1, 0.15) is 15.9 Å². The van der Waals surface area contributed by atoms with E-state index in [4.69, 9.17) is 34.8 Å². The minimum Gasteiger partial charge on any atom is -0.294 e. The van der Waals surface area contributed by atoms with E-state index in [1.54, 1.807) is 36.4 Å². The van der Waals surface area contributed by atoms with E-state index in [9.17, 15) is 4.79 Å². The lowest BCUT2D eigenvalue weighted by molar-refractivity contribution is 0.0993. The van der Waals surface area contributed by atoms with Crippen molar-refractivity contribution in [1.29, 1.82) is 0 Å². The van der Waals surface area contributed by atoms with E-state index in [2.05, 4.69) is 15.9 Å². The van der Waals surface area contributed by atoms with Gasteiger partial charge in [0.2, 0.25) is 0 Å². The molecule has 19 heavy (non-hydrogen) atoms. The average Bonchev–Trinajstić information content (AvgIpc) is 2.33. The average molecular weight is 378 g/mol. The van der Waals surface area contributed by atoms with Crippen molar-refractivity contribution in [1.82, 2.24) is 0 Å². The van der Waals surface area contributed by atoms with E-state index >= 15 is 0 Å². The summed E-state index contributed by atoms with van der Waals surface area (Å²) in [6.07, 6.45) is 0.234. The van der Waals surface area contributed by atoms with E-state index in [0.29, 0.717) is 20.6 Å². The molecular formula is C14H8BrCl3O. The first-order valence-electron chi connectivity index (χ1n) is 5.39. The van der Waals surface area contributed by atoms with Crippen molar-refractivity contribution in [2.45, 2.75) is 6.42 Å². The molecule has 0 aromatic heterocycles. The molecule has 2 aromatic carbocycles. The van der Waals surface area contributed by atoms with Crippen LogP contribution >= 0.6 is 50.7 Å². The van der Waals surface area contributed by atoms with Crippen LogP contribution in [0.3, 0.4) is 0 Å². The van der Waals surface area contributed by atoms with E-state index in [0.717, 1.165) is 10.0 Å². The minimum absolute atomic E-state index is 0.0594. The third-order valence-electron chi connectivity index (χ3n) is 2.58. The Balaban J connectivity index is 2.23. The van der Waals surface area contributed by atoms with Gasteiger partial charge in [-0.25, -0.2) is 0 Å². The Morgan fingerprint density at radius 3 is 2.32 bits per heavy atom. The van der Waals surface area contributed by atoms with Gasteiger partial charge in [-0.05, 0) is 35.9 Å². The van der Waals surface area contributed by atoms with E-state index in [1.807, 2.05) is 0 Å². The highest BCUT2D eigenvalue weighted by Gasteiger charge is 2.12. The van der Waals surface area contributed by atoms with E-state index < -0.39 is 0 Å². The molecule has 2 aromatic rings. The Kier molecular flexibility index (Phi) is 4.91.